The van der Waals surface area contributed by atoms with Crippen LogP contribution in [0, 0.1) is 11.6 Å². The van der Waals surface area contributed by atoms with Crippen molar-refractivity contribution in [3.05, 3.63) is 74.8 Å². The van der Waals surface area contributed by atoms with Crippen LogP contribution in [0.15, 0.2) is 35.3 Å². The fourth-order valence-corrected chi connectivity index (χ4v) is 5.38. The third-order valence-corrected chi connectivity index (χ3v) is 7.49. The number of likely N-dealkylation sites (tertiary alicyclic amines) is 1. The summed E-state index contributed by atoms with van der Waals surface area (Å²) in [7, 11) is 0. The van der Waals surface area contributed by atoms with Crippen molar-refractivity contribution in [3.63, 3.8) is 0 Å². The van der Waals surface area contributed by atoms with Gasteiger partial charge in [-0.15, -0.1) is 5.10 Å². The lowest BCUT2D eigenvalue weighted by Crippen LogP contribution is -2.63. The zero-order valence-corrected chi connectivity index (χ0v) is 20.1. The molecule has 11 heteroatoms. The largest absolute Gasteiger partial charge is 0.371 e. The molecule has 0 unspecified atom stereocenters. The van der Waals surface area contributed by atoms with Gasteiger partial charge in [-0.1, -0.05) is 29.3 Å². The molecule has 1 amide bonds. The first-order chi connectivity index (χ1) is 16.8. The number of rotatable bonds is 2. The van der Waals surface area contributed by atoms with Gasteiger partial charge in [0.05, 0.1) is 40.1 Å². The minimum Gasteiger partial charge on any atom is -0.371 e. The smallest absolute Gasteiger partial charge is 0.293 e. The lowest BCUT2D eigenvalue weighted by Gasteiger charge is -2.46. The molecule has 2 aromatic carbocycles. The van der Waals surface area contributed by atoms with E-state index in [1.54, 1.807) is 24.0 Å². The molecule has 1 spiro atoms. The van der Waals surface area contributed by atoms with E-state index in [0.717, 1.165) is 25.0 Å². The van der Waals surface area contributed by atoms with E-state index in [2.05, 4.69) is 15.1 Å². The highest BCUT2D eigenvalue weighted by atomic mass is 35.5. The first-order valence-corrected chi connectivity index (χ1v) is 11.9. The Kier molecular flexibility index (Phi) is 5.21. The van der Waals surface area contributed by atoms with Crippen LogP contribution in [-0.4, -0.2) is 56.6 Å². The number of ether oxygens (including phenoxy) is 1. The summed E-state index contributed by atoms with van der Waals surface area (Å²) >= 11 is 12.8. The molecule has 7 nitrogen and oxygen atoms in total. The molecule has 2 saturated heterocycles. The fraction of sp³-hybridized carbons (Fsp3) is 0.333. The minimum atomic E-state index is -0.790. The molecule has 3 aromatic rings. The van der Waals surface area contributed by atoms with Crippen molar-refractivity contribution in [1.29, 1.82) is 0 Å². The number of aliphatic imine (C=N–C) groups is 1. The molecule has 0 saturated carbocycles. The Morgan fingerprint density at radius 2 is 1.89 bits per heavy atom. The molecule has 0 N–H and O–H groups in total. The maximum atomic E-state index is 14.8. The van der Waals surface area contributed by atoms with E-state index in [9.17, 15) is 13.6 Å². The van der Waals surface area contributed by atoms with E-state index in [0.29, 0.717) is 31.2 Å². The molecule has 3 aliphatic rings. The van der Waals surface area contributed by atoms with Crippen LogP contribution in [0.3, 0.4) is 0 Å². The zero-order chi connectivity index (χ0) is 24.5. The van der Waals surface area contributed by atoms with Crippen molar-refractivity contribution in [2.24, 2.45) is 4.99 Å². The Morgan fingerprint density at radius 3 is 2.57 bits per heavy atom. The number of amides is 1. The van der Waals surface area contributed by atoms with Crippen molar-refractivity contribution >= 4 is 34.8 Å². The average molecular weight is 518 g/mol. The van der Waals surface area contributed by atoms with Crippen molar-refractivity contribution < 1.29 is 18.3 Å². The van der Waals surface area contributed by atoms with E-state index >= 15 is 0 Å². The van der Waals surface area contributed by atoms with Gasteiger partial charge in [0, 0.05) is 12.2 Å². The molecule has 4 heterocycles. The lowest BCUT2D eigenvalue weighted by atomic mass is 9.91. The van der Waals surface area contributed by atoms with Crippen LogP contribution < -0.4 is 0 Å². The number of halogens is 4. The van der Waals surface area contributed by atoms with E-state index in [1.807, 2.05) is 0 Å². The monoisotopic (exact) mass is 517 g/mol. The Balaban J connectivity index is 1.46. The van der Waals surface area contributed by atoms with Crippen LogP contribution in [-0.2, 0) is 4.74 Å². The highest BCUT2D eigenvalue weighted by Gasteiger charge is 2.49. The van der Waals surface area contributed by atoms with E-state index < -0.39 is 17.7 Å². The third-order valence-electron chi connectivity index (χ3n) is 6.69. The lowest BCUT2D eigenvalue weighted by molar-refractivity contribution is -0.0952. The van der Waals surface area contributed by atoms with Gasteiger partial charge >= 0.3 is 0 Å². The normalized spacial score (nSPS) is 20.2. The molecular weight excluding hydrogens is 499 g/mol. The number of nitrogens with zero attached hydrogens (tertiary/aromatic N) is 5. The van der Waals surface area contributed by atoms with Crippen LogP contribution in [0.5, 0.6) is 0 Å². The molecule has 1 atom stereocenters. The summed E-state index contributed by atoms with van der Waals surface area (Å²) in [6.45, 7) is 3.41. The van der Waals surface area contributed by atoms with Crippen molar-refractivity contribution in [1.82, 2.24) is 19.7 Å². The predicted molar refractivity (Wildman–Crippen MR) is 126 cm³/mol. The first kappa shape index (κ1) is 22.6. The molecule has 3 aliphatic heterocycles. The number of hydrogen-bond donors (Lipinski definition) is 0. The summed E-state index contributed by atoms with van der Waals surface area (Å²) in [5, 5.41) is 4.73. The number of fused-ring (bicyclic) bond motifs is 3. The summed E-state index contributed by atoms with van der Waals surface area (Å²) < 4.78 is 36.9. The topological polar surface area (TPSA) is 72.6 Å². The maximum absolute atomic E-state index is 14.8. The molecule has 0 bridgehead atoms. The maximum Gasteiger partial charge on any atom is 0.293 e. The second-order valence-corrected chi connectivity index (χ2v) is 9.79. The SMILES string of the molecule is C[C@@H]1N=C(c2c(F)cccc2F)c2c(ccc(Cl)c2Cl)-n2nc(C(=O)N3CC4(CCCO4)C3)nc21. The van der Waals surface area contributed by atoms with Crippen LogP contribution in [0.1, 0.15) is 53.4 Å². The Bertz CT molecular complexity index is 1390. The van der Waals surface area contributed by atoms with Crippen molar-refractivity contribution in [3.8, 4) is 5.69 Å². The first-order valence-electron chi connectivity index (χ1n) is 11.2. The number of carbonyl (C=O) groups excluding carboxylic acids is 1. The quantitative estimate of drug-likeness (QED) is 0.490. The fourth-order valence-electron chi connectivity index (χ4n) is 4.97. The Morgan fingerprint density at radius 1 is 1.14 bits per heavy atom. The molecule has 6 rings (SSSR count). The van der Waals surface area contributed by atoms with Crippen LogP contribution in [0.25, 0.3) is 5.69 Å². The van der Waals surface area contributed by atoms with E-state index in [4.69, 9.17) is 27.9 Å². The van der Waals surface area contributed by atoms with Crippen LogP contribution in [0.4, 0.5) is 8.78 Å². The summed E-state index contributed by atoms with van der Waals surface area (Å²) in [6, 6.07) is 6.05. The number of hydrogen-bond acceptors (Lipinski definition) is 5. The number of benzene rings is 2. The van der Waals surface area contributed by atoms with Gasteiger partial charge in [0.15, 0.2) is 5.82 Å². The van der Waals surface area contributed by atoms with Gasteiger partial charge in [-0.25, -0.2) is 18.4 Å². The third kappa shape index (κ3) is 3.48. The number of carbonyl (C=O) groups is 1. The minimum absolute atomic E-state index is 0.00107. The molecule has 2 fully saturated rings. The van der Waals surface area contributed by atoms with Gasteiger partial charge in [0.1, 0.15) is 23.3 Å². The van der Waals surface area contributed by atoms with Gasteiger partial charge in [0.25, 0.3) is 5.91 Å². The van der Waals surface area contributed by atoms with Crippen LogP contribution in [0.2, 0.25) is 10.0 Å². The van der Waals surface area contributed by atoms with Gasteiger partial charge in [-0.3, -0.25) is 9.79 Å². The zero-order valence-electron chi connectivity index (χ0n) is 18.6. The molecule has 180 valence electrons. The van der Waals surface area contributed by atoms with Gasteiger partial charge in [-0.2, -0.15) is 0 Å². The van der Waals surface area contributed by atoms with E-state index in [-0.39, 0.29) is 44.2 Å². The molecular formula is C24H19Cl2F2N5O2. The Hall–Kier alpha value is -2.88. The second-order valence-electron chi connectivity index (χ2n) is 9.01. The molecule has 35 heavy (non-hydrogen) atoms. The summed E-state index contributed by atoms with van der Waals surface area (Å²) in [5.41, 5.74) is -0.00130. The molecule has 0 aliphatic carbocycles. The second kappa shape index (κ2) is 8.08. The predicted octanol–water partition coefficient (Wildman–Crippen LogP) is 4.77. The average Bonchev–Trinajstić information content (AvgIpc) is 3.45. The molecule has 1 aromatic heterocycles. The van der Waals surface area contributed by atoms with Gasteiger partial charge in [-0.05, 0) is 44.0 Å². The number of aromatic nitrogens is 3. The van der Waals surface area contributed by atoms with Crippen molar-refractivity contribution in [2.75, 3.05) is 19.7 Å². The van der Waals surface area contributed by atoms with Crippen LogP contribution >= 0.6 is 23.2 Å². The van der Waals surface area contributed by atoms with Gasteiger partial charge < -0.3 is 9.64 Å². The highest BCUT2D eigenvalue weighted by molar-refractivity contribution is 6.45. The van der Waals surface area contributed by atoms with Gasteiger partial charge in [0.2, 0.25) is 5.82 Å². The summed E-state index contributed by atoms with van der Waals surface area (Å²) in [5.74, 6) is -1.55. The van der Waals surface area contributed by atoms with E-state index in [1.165, 1.54) is 10.7 Å². The Labute approximate surface area is 209 Å². The highest BCUT2D eigenvalue weighted by Crippen LogP contribution is 2.39. The summed E-state index contributed by atoms with van der Waals surface area (Å²) in [4.78, 5) is 23.9. The molecule has 0 radical (unpaired) electrons. The van der Waals surface area contributed by atoms with Crippen molar-refractivity contribution in [2.45, 2.75) is 31.4 Å². The summed E-state index contributed by atoms with van der Waals surface area (Å²) in [6.07, 6.45) is 1.91. The standard InChI is InChI=1S/C24H19Cl2F2N5O2/c1-12-22-30-21(23(34)32-10-24(11-32)8-3-9-35-24)31-33(22)16-7-6-13(25)19(26)18(16)20(29-12)17-14(27)4-2-5-15(17)28/h2,4-7,12H,3,8-11H2,1H3/t12-/m0/s1.